The van der Waals surface area contributed by atoms with E-state index < -0.39 is 10.5 Å². The molecule has 0 atom stereocenters. The minimum absolute atomic E-state index is 0.00265. The zero-order valence-corrected chi connectivity index (χ0v) is 17.0. The minimum Gasteiger partial charge on any atom is -0.380 e. The van der Waals surface area contributed by atoms with Crippen LogP contribution in [0.15, 0.2) is 78.9 Å². The lowest BCUT2D eigenvalue weighted by Gasteiger charge is -2.43. The van der Waals surface area contributed by atoms with Crippen molar-refractivity contribution in [3.05, 3.63) is 106 Å². The summed E-state index contributed by atoms with van der Waals surface area (Å²) in [5.74, 6) is -0.00265. The van der Waals surface area contributed by atoms with Crippen LogP contribution in [-0.4, -0.2) is 23.1 Å². The van der Waals surface area contributed by atoms with Crippen LogP contribution in [0.1, 0.15) is 29.5 Å². The average Bonchev–Trinajstić information content (AvgIpc) is 2.84. The predicted molar refractivity (Wildman–Crippen MR) is 119 cm³/mol. The number of anilines is 1. The Balaban J connectivity index is 1.61. The van der Waals surface area contributed by atoms with Gasteiger partial charge in [0.2, 0.25) is 0 Å². The Morgan fingerprint density at radius 3 is 2.00 bits per heavy atom. The number of rotatable bonds is 5. The molecule has 6 nitrogen and oxygen atoms in total. The minimum atomic E-state index is -1.11. The molecule has 3 aromatic rings. The molecule has 1 fully saturated rings. The van der Waals surface area contributed by atoms with Crippen molar-refractivity contribution < 1.29 is 10.0 Å². The van der Waals surface area contributed by atoms with Crippen LogP contribution < -0.4 is 4.90 Å². The lowest BCUT2D eigenvalue weighted by molar-refractivity contribution is -0.384. The van der Waals surface area contributed by atoms with E-state index in [0.29, 0.717) is 24.3 Å². The van der Waals surface area contributed by atoms with Crippen molar-refractivity contribution in [2.24, 2.45) is 5.92 Å². The SMILES string of the molecule is N#Cc1cc([N+](=O)[O-])ccc1N1CCC(C(O)(c2ccccc2)c2ccccc2)CC1. The van der Waals surface area contributed by atoms with Gasteiger partial charge in [0.25, 0.3) is 5.69 Å². The fourth-order valence-corrected chi connectivity index (χ4v) is 4.56. The van der Waals surface area contributed by atoms with Gasteiger partial charge in [0.15, 0.2) is 0 Å². The van der Waals surface area contributed by atoms with Crippen LogP contribution >= 0.6 is 0 Å². The van der Waals surface area contributed by atoms with Gasteiger partial charge in [-0.3, -0.25) is 10.1 Å². The van der Waals surface area contributed by atoms with Gasteiger partial charge in [-0.25, -0.2) is 0 Å². The van der Waals surface area contributed by atoms with Gasteiger partial charge in [0, 0.05) is 25.2 Å². The number of hydrogen-bond acceptors (Lipinski definition) is 5. The summed E-state index contributed by atoms with van der Waals surface area (Å²) in [4.78, 5) is 12.6. The van der Waals surface area contributed by atoms with Crippen LogP contribution in [0.2, 0.25) is 0 Å². The number of piperidine rings is 1. The molecule has 1 heterocycles. The number of nitro benzene ring substituents is 1. The number of non-ortho nitro benzene ring substituents is 1. The summed E-state index contributed by atoms with van der Waals surface area (Å²) in [5, 5.41) is 32.5. The maximum atomic E-state index is 12.0. The van der Waals surface area contributed by atoms with Crippen molar-refractivity contribution in [2.75, 3.05) is 18.0 Å². The fourth-order valence-electron chi connectivity index (χ4n) is 4.56. The molecule has 0 bridgehead atoms. The van der Waals surface area contributed by atoms with E-state index in [1.165, 1.54) is 12.1 Å². The highest BCUT2D eigenvalue weighted by atomic mass is 16.6. The standard InChI is InChI=1S/C25H23N3O3/c26-18-19-17-23(28(30)31)11-12-24(19)27-15-13-22(14-16-27)25(29,20-7-3-1-4-8-20)21-9-5-2-6-10-21/h1-12,17,22,29H,13-16H2. The summed E-state index contributed by atoms with van der Waals surface area (Å²) in [6.07, 6.45) is 1.45. The highest BCUT2D eigenvalue weighted by Crippen LogP contribution is 2.42. The number of nitriles is 1. The predicted octanol–water partition coefficient (Wildman–Crippen LogP) is 4.62. The van der Waals surface area contributed by atoms with E-state index in [-0.39, 0.29) is 11.6 Å². The Morgan fingerprint density at radius 1 is 0.968 bits per heavy atom. The van der Waals surface area contributed by atoms with Crippen LogP contribution in [0.5, 0.6) is 0 Å². The smallest absolute Gasteiger partial charge is 0.270 e. The third-order valence-corrected chi connectivity index (χ3v) is 6.17. The Labute approximate surface area is 181 Å². The van der Waals surface area contributed by atoms with Crippen molar-refractivity contribution in [1.29, 1.82) is 5.26 Å². The van der Waals surface area contributed by atoms with Gasteiger partial charge in [-0.05, 0) is 36.0 Å². The number of nitro groups is 1. The highest BCUT2D eigenvalue weighted by Gasteiger charge is 2.41. The molecule has 0 aromatic heterocycles. The van der Waals surface area contributed by atoms with Gasteiger partial charge in [-0.1, -0.05) is 60.7 Å². The molecule has 1 aliphatic heterocycles. The molecule has 1 saturated heterocycles. The van der Waals surface area contributed by atoms with Gasteiger partial charge in [-0.15, -0.1) is 0 Å². The van der Waals surface area contributed by atoms with Crippen LogP contribution in [-0.2, 0) is 5.60 Å². The molecule has 1 N–H and O–H groups in total. The van der Waals surface area contributed by atoms with E-state index in [1.54, 1.807) is 6.07 Å². The van der Waals surface area contributed by atoms with Crippen molar-refractivity contribution >= 4 is 11.4 Å². The third-order valence-electron chi connectivity index (χ3n) is 6.17. The molecule has 0 amide bonds. The van der Waals surface area contributed by atoms with Gasteiger partial charge < -0.3 is 10.0 Å². The molecule has 0 saturated carbocycles. The average molecular weight is 413 g/mol. The van der Waals surface area contributed by atoms with E-state index in [0.717, 1.165) is 24.0 Å². The third kappa shape index (κ3) is 3.88. The molecule has 0 aliphatic carbocycles. The maximum absolute atomic E-state index is 12.0. The van der Waals surface area contributed by atoms with Crippen molar-refractivity contribution in [3.8, 4) is 6.07 Å². The fraction of sp³-hybridized carbons (Fsp3) is 0.240. The molecular weight excluding hydrogens is 390 g/mol. The lowest BCUT2D eigenvalue weighted by Crippen LogP contribution is -2.44. The van der Waals surface area contributed by atoms with Crippen molar-refractivity contribution in [3.63, 3.8) is 0 Å². The van der Waals surface area contributed by atoms with Gasteiger partial charge >= 0.3 is 0 Å². The van der Waals surface area contributed by atoms with Crippen LogP contribution in [0.4, 0.5) is 11.4 Å². The molecular formula is C25H23N3O3. The van der Waals surface area contributed by atoms with Crippen LogP contribution in [0.25, 0.3) is 0 Å². The largest absolute Gasteiger partial charge is 0.380 e. The normalized spacial score (nSPS) is 14.8. The second-order valence-electron chi connectivity index (χ2n) is 7.83. The zero-order valence-electron chi connectivity index (χ0n) is 17.0. The Bertz CT molecular complexity index is 1060. The topological polar surface area (TPSA) is 90.4 Å². The van der Waals surface area contributed by atoms with E-state index in [2.05, 4.69) is 11.0 Å². The first-order valence-electron chi connectivity index (χ1n) is 10.3. The summed E-state index contributed by atoms with van der Waals surface area (Å²) in [6.45, 7) is 1.30. The summed E-state index contributed by atoms with van der Waals surface area (Å²) < 4.78 is 0. The Hall–Kier alpha value is -3.69. The second kappa shape index (κ2) is 8.58. The highest BCUT2D eigenvalue weighted by molar-refractivity contribution is 5.63. The van der Waals surface area contributed by atoms with Crippen molar-refractivity contribution in [2.45, 2.75) is 18.4 Å². The number of benzene rings is 3. The zero-order chi connectivity index (χ0) is 21.8. The lowest BCUT2D eigenvalue weighted by atomic mass is 9.72. The first-order chi connectivity index (χ1) is 15.0. The molecule has 4 rings (SSSR count). The number of aliphatic hydroxyl groups is 1. The second-order valence-corrected chi connectivity index (χ2v) is 7.83. The molecule has 31 heavy (non-hydrogen) atoms. The number of nitrogens with zero attached hydrogens (tertiary/aromatic N) is 3. The first-order valence-corrected chi connectivity index (χ1v) is 10.3. The van der Waals surface area contributed by atoms with Crippen LogP contribution in [0.3, 0.4) is 0 Å². The van der Waals surface area contributed by atoms with E-state index in [4.69, 9.17) is 0 Å². The van der Waals surface area contributed by atoms with E-state index in [1.807, 2.05) is 60.7 Å². The van der Waals surface area contributed by atoms with Gasteiger partial charge in [0.05, 0.1) is 16.2 Å². The maximum Gasteiger partial charge on any atom is 0.270 e. The molecule has 1 aliphatic rings. The van der Waals surface area contributed by atoms with Gasteiger partial charge in [-0.2, -0.15) is 5.26 Å². The number of hydrogen-bond donors (Lipinski definition) is 1. The van der Waals surface area contributed by atoms with Crippen molar-refractivity contribution in [1.82, 2.24) is 0 Å². The molecule has 3 aromatic carbocycles. The summed E-state index contributed by atoms with van der Waals surface area (Å²) >= 11 is 0. The summed E-state index contributed by atoms with van der Waals surface area (Å²) in [5.41, 5.74) is 1.55. The first kappa shape index (κ1) is 20.6. The summed E-state index contributed by atoms with van der Waals surface area (Å²) in [7, 11) is 0. The Kier molecular flexibility index (Phi) is 5.70. The monoisotopic (exact) mass is 413 g/mol. The molecule has 0 spiro atoms. The molecule has 156 valence electrons. The quantitative estimate of drug-likeness (QED) is 0.487. The summed E-state index contributed by atoms with van der Waals surface area (Å²) in [6, 6.07) is 26.0. The van der Waals surface area contributed by atoms with Gasteiger partial charge in [0.1, 0.15) is 11.7 Å². The Morgan fingerprint density at radius 2 is 1.52 bits per heavy atom. The molecule has 6 heteroatoms. The van der Waals surface area contributed by atoms with Crippen LogP contribution in [0, 0.1) is 27.4 Å². The molecule has 0 radical (unpaired) electrons. The van der Waals surface area contributed by atoms with E-state index >= 15 is 0 Å². The molecule has 0 unspecified atom stereocenters. The van der Waals surface area contributed by atoms with E-state index in [9.17, 15) is 20.5 Å².